The molecule has 0 radical (unpaired) electrons. The number of nitrogens with one attached hydrogen (secondary N) is 1. The zero-order valence-electron chi connectivity index (χ0n) is 12.7. The number of nitrogens with zero attached hydrogens (tertiary/aromatic N) is 4. The van der Waals surface area contributed by atoms with E-state index in [1.165, 1.54) is 0 Å². The Labute approximate surface area is 120 Å². The van der Waals surface area contributed by atoms with Crippen LogP contribution in [0.2, 0.25) is 0 Å². The summed E-state index contributed by atoms with van der Waals surface area (Å²) in [5.41, 5.74) is 2.01. The Morgan fingerprint density at radius 1 is 1.15 bits per heavy atom. The van der Waals surface area contributed by atoms with E-state index in [0.29, 0.717) is 11.8 Å². The predicted octanol–water partition coefficient (Wildman–Crippen LogP) is 2.53. The van der Waals surface area contributed by atoms with E-state index < -0.39 is 0 Å². The van der Waals surface area contributed by atoms with E-state index in [2.05, 4.69) is 48.1 Å². The average Bonchev–Trinajstić information content (AvgIpc) is 2.89. The highest BCUT2D eigenvalue weighted by Crippen LogP contribution is 2.12. The summed E-state index contributed by atoms with van der Waals surface area (Å²) >= 11 is 0. The maximum atomic E-state index is 4.49. The zero-order valence-corrected chi connectivity index (χ0v) is 12.7. The van der Waals surface area contributed by atoms with Gasteiger partial charge in [-0.1, -0.05) is 27.7 Å². The molecule has 0 aliphatic heterocycles. The Morgan fingerprint density at radius 3 is 2.50 bits per heavy atom. The third-order valence-electron chi connectivity index (χ3n) is 2.99. The van der Waals surface area contributed by atoms with E-state index in [0.717, 1.165) is 30.3 Å². The number of rotatable bonds is 6. The van der Waals surface area contributed by atoms with Gasteiger partial charge in [-0.15, -0.1) is 0 Å². The maximum absolute atomic E-state index is 4.49. The fourth-order valence-corrected chi connectivity index (χ4v) is 1.82. The van der Waals surface area contributed by atoms with Crippen LogP contribution >= 0.6 is 0 Å². The van der Waals surface area contributed by atoms with Crippen molar-refractivity contribution in [1.82, 2.24) is 25.1 Å². The van der Waals surface area contributed by atoms with E-state index in [9.17, 15) is 0 Å². The summed E-state index contributed by atoms with van der Waals surface area (Å²) in [7, 11) is 0. The predicted molar refractivity (Wildman–Crippen MR) is 79.8 cm³/mol. The SMILES string of the molecule is CC(C)CNCc1cnc(-n2ccc(C(C)C)n2)cn1. The van der Waals surface area contributed by atoms with Crippen molar-refractivity contribution in [1.29, 1.82) is 0 Å². The first kappa shape index (κ1) is 14.7. The lowest BCUT2D eigenvalue weighted by Gasteiger charge is -2.07. The van der Waals surface area contributed by atoms with Crippen LogP contribution in [0, 0.1) is 5.92 Å². The minimum Gasteiger partial charge on any atom is -0.311 e. The van der Waals surface area contributed by atoms with Crippen LogP contribution in [0.25, 0.3) is 5.82 Å². The highest BCUT2D eigenvalue weighted by atomic mass is 15.3. The average molecular weight is 273 g/mol. The summed E-state index contributed by atoms with van der Waals surface area (Å²) < 4.78 is 1.77. The molecule has 2 rings (SSSR count). The molecule has 0 aromatic carbocycles. The molecule has 0 atom stereocenters. The van der Waals surface area contributed by atoms with Gasteiger partial charge in [-0.2, -0.15) is 5.10 Å². The van der Waals surface area contributed by atoms with E-state index in [1.54, 1.807) is 17.1 Å². The van der Waals surface area contributed by atoms with Crippen LogP contribution in [0.3, 0.4) is 0 Å². The number of hydrogen-bond acceptors (Lipinski definition) is 4. The van der Waals surface area contributed by atoms with Gasteiger partial charge in [0.15, 0.2) is 5.82 Å². The highest BCUT2D eigenvalue weighted by molar-refractivity contribution is 5.19. The summed E-state index contributed by atoms with van der Waals surface area (Å²) in [4.78, 5) is 8.84. The van der Waals surface area contributed by atoms with E-state index >= 15 is 0 Å². The highest BCUT2D eigenvalue weighted by Gasteiger charge is 2.06. The monoisotopic (exact) mass is 273 g/mol. The topological polar surface area (TPSA) is 55.6 Å². The maximum Gasteiger partial charge on any atom is 0.171 e. The quantitative estimate of drug-likeness (QED) is 0.878. The minimum atomic E-state index is 0.420. The largest absolute Gasteiger partial charge is 0.311 e. The molecule has 0 bridgehead atoms. The first-order valence-electron chi connectivity index (χ1n) is 7.14. The molecule has 2 aromatic heterocycles. The molecule has 20 heavy (non-hydrogen) atoms. The third-order valence-corrected chi connectivity index (χ3v) is 2.99. The second-order valence-corrected chi connectivity index (χ2v) is 5.73. The molecule has 5 nitrogen and oxygen atoms in total. The molecule has 2 aromatic rings. The van der Waals surface area contributed by atoms with Crippen molar-refractivity contribution in [2.24, 2.45) is 5.92 Å². The van der Waals surface area contributed by atoms with Gasteiger partial charge in [0.2, 0.25) is 0 Å². The van der Waals surface area contributed by atoms with Crippen molar-refractivity contribution in [2.45, 2.75) is 40.2 Å². The van der Waals surface area contributed by atoms with Crippen LogP contribution in [0.5, 0.6) is 0 Å². The van der Waals surface area contributed by atoms with Crippen LogP contribution in [0.4, 0.5) is 0 Å². The summed E-state index contributed by atoms with van der Waals surface area (Å²) in [5, 5.41) is 7.85. The van der Waals surface area contributed by atoms with Gasteiger partial charge in [0, 0.05) is 12.7 Å². The molecule has 0 saturated heterocycles. The fraction of sp³-hybridized carbons (Fsp3) is 0.533. The smallest absolute Gasteiger partial charge is 0.171 e. The van der Waals surface area contributed by atoms with Crippen molar-refractivity contribution in [3.05, 3.63) is 36.0 Å². The lowest BCUT2D eigenvalue weighted by molar-refractivity contribution is 0.547. The number of hydrogen-bond donors (Lipinski definition) is 1. The van der Waals surface area contributed by atoms with Crippen molar-refractivity contribution in [3.8, 4) is 5.82 Å². The molecule has 0 unspecified atom stereocenters. The molecular formula is C15H23N5. The van der Waals surface area contributed by atoms with Gasteiger partial charge in [0.25, 0.3) is 0 Å². The Balaban J connectivity index is 2.00. The van der Waals surface area contributed by atoms with Crippen LogP contribution in [-0.4, -0.2) is 26.3 Å². The van der Waals surface area contributed by atoms with Crippen LogP contribution in [0.1, 0.15) is 45.0 Å². The van der Waals surface area contributed by atoms with Gasteiger partial charge in [0.05, 0.1) is 23.8 Å². The van der Waals surface area contributed by atoms with Crippen molar-refractivity contribution in [2.75, 3.05) is 6.54 Å². The van der Waals surface area contributed by atoms with Gasteiger partial charge in [-0.05, 0) is 24.4 Å². The lowest BCUT2D eigenvalue weighted by Crippen LogP contribution is -2.19. The van der Waals surface area contributed by atoms with Gasteiger partial charge in [-0.25, -0.2) is 9.67 Å². The van der Waals surface area contributed by atoms with Gasteiger partial charge < -0.3 is 5.32 Å². The Bertz CT molecular complexity index is 527. The molecule has 0 aliphatic carbocycles. The van der Waals surface area contributed by atoms with Crippen LogP contribution in [0.15, 0.2) is 24.7 Å². The van der Waals surface area contributed by atoms with Crippen molar-refractivity contribution >= 4 is 0 Å². The first-order valence-corrected chi connectivity index (χ1v) is 7.14. The normalized spacial score (nSPS) is 11.5. The molecule has 0 saturated carbocycles. The summed E-state index contributed by atoms with van der Waals surface area (Å²) in [6.45, 7) is 10.4. The number of aromatic nitrogens is 4. The van der Waals surface area contributed by atoms with E-state index in [4.69, 9.17) is 0 Å². The first-order chi connectivity index (χ1) is 9.56. The zero-order chi connectivity index (χ0) is 14.5. The standard InChI is InChI=1S/C15H23N5/c1-11(2)7-16-8-13-9-18-15(10-17-13)20-6-5-14(19-20)12(3)4/h5-6,9-12,16H,7-8H2,1-4H3. The van der Waals surface area contributed by atoms with Crippen LogP contribution < -0.4 is 5.32 Å². The van der Waals surface area contributed by atoms with Gasteiger partial charge in [-0.3, -0.25) is 4.98 Å². The molecule has 0 amide bonds. The molecule has 0 spiro atoms. The molecule has 1 N–H and O–H groups in total. The Hall–Kier alpha value is -1.75. The summed E-state index contributed by atoms with van der Waals surface area (Å²) in [5.74, 6) is 1.81. The second-order valence-electron chi connectivity index (χ2n) is 5.73. The summed E-state index contributed by atoms with van der Waals surface area (Å²) in [6.07, 6.45) is 5.50. The van der Waals surface area contributed by atoms with E-state index in [1.807, 2.05) is 12.3 Å². The second kappa shape index (κ2) is 6.61. The fourth-order valence-electron chi connectivity index (χ4n) is 1.82. The Kier molecular flexibility index (Phi) is 4.84. The summed E-state index contributed by atoms with van der Waals surface area (Å²) in [6, 6.07) is 2.02. The molecule has 5 heteroatoms. The van der Waals surface area contributed by atoms with Gasteiger partial charge >= 0.3 is 0 Å². The minimum absolute atomic E-state index is 0.420. The Morgan fingerprint density at radius 2 is 1.95 bits per heavy atom. The van der Waals surface area contributed by atoms with E-state index in [-0.39, 0.29) is 0 Å². The van der Waals surface area contributed by atoms with Crippen molar-refractivity contribution < 1.29 is 0 Å². The molecular weight excluding hydrogens is 250 g/mol. The lowest BCUT2D eigenvalue weighted by atomic mass is 10.1. The molecule has 0 aliphatic rings. The molecule has 0 fully saturated rings. The van der Waals surface area contributed by atoms with Crippen LogP contribution in [-0.2, 0) is 6.54 Å². The van der Waals surface area contributed by atoms with Gasteiger partial charge in [0.1, 0.15) is 0 Å². The van der Waals surface area contributed by atoms with Crippen molar-refractivity contribution in [3.63, 3.8) is 0 Å². The molecule has 2 heterocycles. The third kappa shape index (κ3) is 3.87. The molecule has 108 valence electrons.